The Bertz CT molecular complexity index is 1940. The Balaban J connectivity index is 1.09. The zero-order chi connectivity index (χ0) is 42.5. The van der Waals surface area contributed by atoms with Gasteiger partial charge in [0.2, 0.25) is 11.7 Å². The lowest BCUT2D eigenvalue weighted by Crippen LogP contribution is -2.44. The van der Waals surface area contributed by atoms with Crippen LogP contribution >= 0.6 is 11.7 Å². The van der Waals surface area contributed by atoms with Crippen molar-refractivity contribution < 1.29 is 33.4 Å². The topological polar surface area (TPSA) is 192 Å². The van der Waals surface area contributed by atoms with Crippen LogP contribution in [0.15, 0.2) is 18.2 Å². The number of amides is 3. The van der Waals surface area contributed by atoms with E-state index in [0.29, 0.717) is 104 Å². The maximum atomic E-state index is 13.1. The quantitative estimate of drug-likeness (QED) is 0.0540. The van der Waals surface area contributed by atoms with Crippen LogP contribution in [0.1, 0.15) is 99.6 Å². The number of aromatic nitrogens is 3. The number of likely N-dealkylation sites (N-methyl/N-ethyl adjacent to an activating group) is 1. The summed E-state index contributed by atoms with van der Waals surface area (Å²) < 4.78 is 26.1. The highest BCUT2D eigenvalue weighted by atomic mass is 32.1. The number of aryl methyl sites for hydroxylation is 1. The van der Waals surface area contributed by atoms with Crippen LogP contribution in [0.3, 0.4) is 0 Å². The Morgan fingerprint density at radius 2 is 1.81 bits per heavy atom. The highest BCUT2D eigenvalue weighted by molar-refractivity contribution is 6.99. The molecule has 322 valence electrons. The molecule has 1 fully saturated rings. The van der Waals surface area contributed by atoms with E-state index in [1.54, 1.807) is 24.3 Å². The molecule has 2 aromatic heterocycles. The van der Waals surface area contributed by atoms with Crippen molar-refractivity contribution in [3.05, 3.63) is 46.3 Å². The lowest BCUT2D eigenvalue weighted by molar-refractivity contribution is -0.150. The molecule has 4 heterocycles. The number of aromatic amines is 1. The van der Waals surface area contributed by atoms with Crippen LogP contribution in [0.25, 0.3) is 11.6 Å². The van der Waals surface area contributed by atoms with Gasteiger partial charge in [0.15, 0.2) is 0 Å². The van der Waals surface area contributed by atoms with Gasteiger partial charge in [-0.15, -0.1) is 4.37 Å². The Hall–Kier alpha value is -4.84. The maximum absolute atomic E-state index is 13.1. The number of nitrogens with one attached hydrogen (secondary N) is 5. The molecular weight excluding hydrogens is 775 g/mol. The van der Waals surface area contributed by atoms with Crippen LogP contribution in [0.5, 0.6) is 5.88 Å². The number of carbonyl (C=O) groups is 4. The van der Waals surface area contributed by atoms with E-state index in [0.717, 1.165) is 42.6 Å². The van der Waals surface area contributed by atoms with Crippen molar-refractivity contribution in [2.75, 3.05) is 81.2 Å². The van der Waals surface area contributed by atoms with E-state index in [9.17, 15) is 19.2 Å². The number of hydrogen-bond acceptors (Lipinski definition) is 13. The normalized spacial score (nSPS) is 15.3. The summed E-state index contributed by atoms with van der Waals surface area (Å²) in [6.07, 6.45) is 3.53. The predicted octanol–water partition coefficient (Wildman–Crippen LogP) is 5.15. The first kappa shape index (κ1) is 45.2. The first-order chi connectivity index (χ1) is 28.3. The number of nitrogens with zero attached hydrogens (tertiary/aromatic N) is 4. The van der Waals surface area contributed by atoms with Crippen molar-refractivity contribution in [2.45, 2.75) is 92.2 Å². The molecule has 0 saturated carbocycles. The van der Waals surface area contributed by atoms with E-state index in [2.05, 4.69) is 58.6 Å². The minimum atomic E-state index is -0.535. The van der Waals surface area contributed by atoms with Gasteiger partial charge in [0.1, 0.15) is 12.7 Å². The third-order valence-electron chi connectivity index (χ3n) is 10.3. The average molecular weight is 836 g/mol. The molecule has 2 aliphatic heterocycles. The summed E-state index contributed by atoms with van der Waals surface area (Å²) in [5.74, 6) is 0.186. The smallest absolute Gasteiger partial charge is 0.306 e. The number of H-pyrrole nitrogens is 1. The predicted molar refractivity (Wildman–Crippen MR) is 231 cm³/mol. The van der Waals surface area contributed by atoms with Gasteiger partial charge < -0.3 is 50.3 Å². The number of esters is 1. The molecule has 1 saturated heterocycles. The summed E-state index contributed by atoms with van der Waals surface area (Å²) in [5, 5.41) is 12.3. The van der Waals surface area contributed by atoms with Crippen LogP contribution in [0, 0.1) is 13.8 Å². The van der Waals surface area contributed by atoms with Crippen molar-refractivity contribution in [2.24, 2.45) is 0 Å². The molecular formula is C42H61N9O7S. The molecule has 59 heavy (non-hydrogen) atoms. The molecule has 1 aromatic carbocycles. The van der Waals surface area contributed by atoms with Gasteiger partial charge in [0.05, 0.1) is 36.1 Å². The minimum Gasteiger partial charge on any atom is -0.470 e. The summed E-state index contributed by atoms with van der Waals surface area (Å²) in [4.78, 5) is 59.7. The van der Waals surface area contributed by atoms with Crippen molar-refractivity contribution in [1.29, 1.82) is 0 Å². The summed E-state index contributed by atoms with van der Waals surface area (Å²) >= 11 is 1.08. The first-order valence-electron chi connectivity index (χ1n) is 20.7. The van der Waals surface area contributed by atoms with Gasteiger partial charge in [0.25, 0.3) is 17.7 Å². The fraction of sp³-hybridized carbons (Fsp3) is 0.571. The second-order valence-electron chi connectivity index (χ2n) is 15.9. The number of hydrogen-bond donors (Lipinski definition) is 5. The SMILES string of the molecule is CCN(CC)CCNC(=O)c1c(C)[nH]c(/C=C2\C(=O)Nc3ccc(NC(=O)CCCCCC(=O)O[C@@H](CNC(C)(C)C)COc4nsnc4N4CCOCC4)cc32)c1C. The van der Waals surface area contributed by atoms with Crippen LogP contribution in [-0.4, -0.2) is 120 Å². The number of anilines is 3. The van der Waals surface area contributed by atoms with E-state index in [1.165, 1.54) is 0 Å². The van der Waals surface area contributed by atoms with E-state index in [4.69, 9.17) is 14.2 Å². The van der Waals surface area contributed by atoms with Gasteiger partial charge in [-0.25, -0.2) is 0 Å². The molecule has 17 heteroatoms. The highest BCUT2D eigenvalue weighted by Crippen LogP contribution is 2.36. The Morgan fingerprint density at radius 1 is 1.07 bits per heavy atom. The number of unbranched alkanes of at least 4 members (excludes halogenated alkanes) is 2. The molecule has 0 bridgehead atoms. The summed E-state index contributed by atoms with van der Waals surface area (Å²) in [6.45, 7) is 20.4. The van der Waals surface area contributed by atoms with Crippen LogP contribution < -0.4 is 30.9 Å². The number of fused-ring (bicyclic) bond motifs is 1. The lowest BCUT2D eigenvalue weighted by atomic mass is 10.0. The number of morpholine rings is 1. The second kappa shape index (κ2) is 21.4. The van der Waals surface area contributed by atoms with E-state index < -0.39 is 6.10 Å². The summed E-state index contributed by atoms with van der Waals surface area (Å²) in [5.41, 5.74) is 4.82. The number of carbonyl (C=O) groups excluding carboxylic acids is 4. The number of rotatable bonds is 21. The van der Waals surface area contributed by atoms with Crippen molar-refractivity contribution in [3.63, 3.8) is 0 Å². The van der Waals surface area contributed by atoms with E-state index in [-0.39, 0.29) is 48.7 Å². The van der Waals surface area contributed by atoms with Gasteiger partial charge in [-0.2, -0.15) is 4.37 Å². The molecule has 3 amide bonds. The van der Waals surface area contributed by atoms with Crippen molar-refractivity contribution >= 4 is 64.3 Å². The third-order valence-corrected chi connectivity index (χ3v) is 10.8. The van der Waals surface area contributed by atoms with E-state index >= 15 is 0 Å². The number of ether oxygens (including phenoxy) is 3. The summed E-state index contributed by atoms with van der Waals surface area (Å²) in [6, 6.07) is 5.30. The molecule has 0 radical (unpaired) electrons. The molecule has 1 atom stereocenters. The van der Waals surface area contributed by atoms with Gasteiger partial charge in [-0.05, 0) is 90.4 Å². The first-order valence-corrected chi connectivity index (χ1v) is 21.4. The second-order valence-corrected chi connectivity index (χ2v) is 16.4. The Labute approximate surface area is 351 Å². The molecule has 0 aliphatic carbocycles. The zero-order valence-electron chi connectivity index (χ0n) is 35.5. The fourth-order valence-corrected chi connectivity index (χ4v) is 7.45. The fourth-order valence-electron chi connectivity index (χ4n) is 6.93. The van der Waals surface area contributed by atoms with Crippen molar-refractivity contribution in [3.8, 4) is 5.88 Å². The van der Waals surface area contributed by atoms with Crippen LogP contribution in [-0.2, 0) is 23.9 Å². The molecule has 0 unspecified atom stereocenters. The van der Waals surface area contributed by atoms with Gasteiger partial charge in [-0.1, -0.05) is 20.3 Å². The van der Waals surface area contributed by atoms with Crippen LogP contribution in [0.4, 0.5) is 17.2 Å². The van der Waals surface area contributed by atoms with Gasteiger partial charge >= 0.3 is 5.97 Å². The Kier molecular flexibility index (Phi) is 16.4. The largest absolute Gasteiger partial charge is 0.470 e. The number of benzene rings is 1. The molecule has 5 N–H and O–H groups in total. The average Bonchev–Trinajstić information content (AvgIpc) is 3.88. The zero-order valence-corrected chi connectivity index (χ0v) is 36.4. The minimum absolute atomic E-state index is 0.129. The molecule has 3 aromatic rings. The molecule has 16 nitrogen and oxygen atoms in total. The monoisotopic (exact) mass is 835 g/mol. The maximum Gasteiger partial charge on any atom is 0.306 e. The van der Waals surface area contributed by atoms with Crippen molar-refractivity contribution in [1.82, 2.24) is 29.3 Å². The third kappa shape index (κ3) is 13.1. The lowest BCUT2D eigenvalue weighted by Gasteiger charge is -2.27. The highest BCUT2D eigenvalue weighted by Gasteiger charge is 2.27. The Morgan fingerprint density at radius 3 is 2.54 bits per heavy atom. The van der Waals surface area contributed by atoms with E-state index in [1.807, 2.05) is 34.6 Å². The van der Waals surface area contributed by atoms with Crippen LogP contribution in [0.2, 0.25) is 0 Å². The van der Waals surface area contributed by atoms with Gasteiger partial charge in [0, 0.05) is 79.4 Å². The molecule has 0 spiro atoms. The van der Waals surface area contributed by atoms with Gasteiger partial charge in [-0.3, -0.25) is 19.2 Å². The molecule has 2 aliphatic rings. The standard InChI is InChI=1S/C42H61N9O7S/c1-8-50(9-2)18-17-43-40(55)37-27(3)34(45-28(37)4)24-32-31-23-29(15-16-33(31)47-39(32)54)46-35(52)13-11-10-12-14-36(53)58-30(25-44-42(5,6)7)26-57-41-38(48-59-49-41)51-19-21-56-22-20-51/h15-16,23-24,30,44-45H,8-14,17-22,25-26H2,1-7H3,(H,43,55)(H,46,52)(H,47,54)/b32-24-/t30-/m0/s1. The summed E-state index contributed by atoms with van der Waals surface area (Å²) in [7, 11) is 0. The molecule has 5 rings (SSSR count).